The zero-order valence-electron chi connectivity index (χ0n) is 16.4. The van der Waals surface area contributed by atoms with Crippen molar-refractivity contribution in [1.29, 1.82) is 0 Å². The molecular formula is C21H32BrNO3. The Labute approximate surface area is 166 Å². The Morgan fingerprint density at radius 2 is 1.62 bits per heavy atom. The lowest BCUT2D eigenvalue weighted by Gasteiger charge is -2.16. The van der Waals surface area contributed by atoms with Gasteiger partial charge in [-0.25, -0.2) is 0 Å². The van der Waals surface area contributed by atoms with Crippen molar-refractivity contribution >= 4 is 21.8 Å². The zero-order chi connectivity index (χ0) is 18.9. The molecule has 1 heterocycles. The number of ether oxygens (including phenoxy) is 2. The third-order valence-electron chi connectivity index (χ3n) is 4.76. The van der Waals surface area contributed by atoms with Crippen molar-refractivity contribution in [3.8, 4) is 11.5 Å². The van der Waals surface area contributed by atoms with E-state index in [1.54, 1.807) is 4.90 Å². The molecule has 1 aromatic carbocycles. The molecule has 1 aromatic rings. The first kappa shape index (κ1) is 21.1. The van der Waals surface area contributed by atoms with Crippen LogP contribution in [-0.4, -0.2) is 31.1 Å². The molecule has 0 unspecified atom stereocenters. The number of carbonyl (C=O) groups is 1. The van der Waals surface area contributed by atoms with Gasteiger partial charge in [-0.1, -0.05) is 52.4 Å². The van der Waals surface area contributed by atoms with Crippen molar-refractivity contribution in [2.24, 2.45) is 0 Å². The van der Waals surface area contributed by atoms with Gasteiger partial charge in [-0.05, 0) is 34.8 Å². The highest BCUT2D eigenvalue weighted by Gasteiger charge is 2.30. The highest BCUT2D eigenvalue weighted by molar-refractivity contribution is 9.10. The van der Waals surface area contributed by atoms with Crippen LogP contribution in [0.1, 0.15) is 81.1 Å². The van der Waals surface area contributed by atoms with Crippen LogP contribution >= 0.6 is 15.9 Å². The molecule has 1 aliphatic rings. The molecule has 1 amide bonds. The summed E-state index contributed by atoms with van der Waals surface area (Å²) in [6.45, 7) is 6.34. The lowest BCUT2D eigenvalue weighted by atomic mass is 10.1. The zero-order valence-corrected chi connectivity index (χ0v) is 18.0. The van der Waals surface area contributed by atoms with E-state index >= 15 is 0 Å². The van der Waals surface area contributed by atoms with Gasteiger partial charge in [0.2, 0.25) is 0 Å². The molecule has 26 heavy (non-hydrogen) atoms. The molecule has 0 spiro atoms. The van der Waals surface area contributed by atoms with Gasteiger partial charge < -0.3 is 14.4 Å². The molecular weight excluding hydrogens is 394 g/mol. The summed E-state index contributed by atoms with van der Waals surface area (Å²) in [5.74, 6) is 1.48. The van der Waals surface area contributed by atoms with E-state index in [1.807, 2.05) is 13.1 Å². The number of benzene rings is 1. The Balaban J connectivity index is 2.11. The normalized spacial score (nSPS) is 13.2. The van der Waals surface area contributed by atoms with Crippen LogP contribution in [0.25, 0.3) is 0 Å². The minimum atomic E-state index is 0.0472. The van der Waals surface area contributed by atoms with Gasteiger partial charge in [0, 0.05) is 24.7 Å². The number of unbranched alkanes of at least 4 members (excludes halogenated alkanes) is 6. The number of amides is 1. The maximum Gasteiger partial charge on any atom is 0.254 e. The van der Waals surface area contributed by atoms with E-state index in [0.717, 1.165) is 40.6 Å². The summed E-state index contributed by atoms with van der Waals surface area (Å²) in [5.41, 5.74) is 1.72. The fourth-order valence-electron chi connectivity index (χ4n) is 3.16. The van der Waals surface area contributed by atoms with Crippen LogP contribution in [0.3, 0.4) is 0 Å². The predicted molar refractivity (Wildman–Crippen MR) is 109 cm³/mol. The largest absolute Gasteiger partial charge is 0.490 e. The van der Waals surface area contributed by atoms with Crippen LogP contribution in [0.2, 0.25) is 0 Å². The SMILES string of the molecule is CCCCCCOc1cc2c(c(Br)c1OCCCCCC)CN(C)C2=O. The third-order valence-corrected chi connectivity index (χ3v) is 5.60. The molecule has 0 bridgehead atoms. The molecule has 0 saturated heterocycles. The van der Waals surface area contributed by atoms with E-state index < -0.39 is 0 Å². The average Bonchev–Trinajstić information content (AvgIpc) is 2.92. The molecule has 0 aromatic heterocycles. The first-order chi connectivity index (χ1) is 12.6. The molecule has 0 aliphatic carbocycles. The second kappa shape index (κ2) is 10.8. The van der Waals surface area contributed by atoms with Crippen molar-refractivity contribution in [1.82, 2.24) is 4.90 Å². The topological polar surface area (TPSA) is 38.8 Å². The Hall–Kier alpha value is -1.23. The maximum absolute atomic E-state index is 12.4. The third kappa shape index (κ3) is 5.38. The number of carbonyl (C=O) groups excluding carboxylic acids is 1. The highest BCUT2D eigenvalue weighted by atomic mass is 79.9. The Kier molecular flexibility index (Phi) is 8.76. The van der Waals surface area contributed by atoms with Gasteiger partial charge in [-0.3, -0.25) is 4.79 Å². The molecule has 5 heteroatoms. The molecule has 0 saturated carbocycles. The Bertz CT molecular complexity index is 603. The van der Waals surface area contributed by atoms with Gasteiger partial charge in [-0.2, -0.15) is 0 Å². The van der Waals surface area contributed by atoms with Crippen molar-refractivity contribution in [2.75, 3.05) is 20.3 Å². The van der Waals surface area contributed by atoms with Gasteiger partial charge in [0.25, 0.3) is 5.91 Å². The molecule has 0 N–H and O–H groups in total. The fourth-order valence-corrected chi connectivity index (χ4v) is 3.81. The number of hydrogen-bond donors (Lipinski definition) is 0. The van der Waals surface area contributed by atoms with E-state index in [9.17, 15) is 4.79 Å². The summed E-state index contributed by atoms with van der Waals surface area (Å²) >= 11 is 3.67. The van der Waals surface area contributed by atoms with Gasteiger partial charge >= 0.3 is 0 Å². The smallest absolute Gasteiger partial charge is 0.254 e. The van der Waals surface area contributed by atoms with Crippen LogP contribution in [0.4, 0.5) is 0 Å². The summed E-state index contributed by atoms with van der Waals surface area (Å²) in [6, 6.07) is 1.87. The summed E-state index contributed by atoms with van der Waals surface area (Å²) < 4.78 is 13.0. The summed E-state index contributed by atoms with van der Waals surface area (Å²) in [7, 11) is 1.82. The van der Waals surface area contributed by atoms with E-state index in [-0.39, 0.29) is 5.91 Å². The van der Waals surface area contributed by atoms with E-state index in [1.165, 1.54) is 32.1 Å². The van der Waals surface area contributed by atoms with Crippen LogP contribution in [0.15, 0.2) is 10.5 Å². The minimum absolute atomic E-state index is 0.0472. The van der Waals surface area contributed by atoms with Crippen molar-refractivity contribution in [2.45, 2.75) is 71.8 Å². The predicted octanol–water partition coefficient (Wildman–Crippen LogP) is 5.95. The van der Waals surface area contributed by atoms with E-state index in [4.69, 9.17) is 9.47 Å². The van der Waals surface area contributed by atoms with Crippen molar-refractivity contribution in [3.63, 3.8) is 0 Å². The first-order valence-corrected chi connectivity index (χ1v) is 10.8. The number of fused-ring (bicyclic) bond motifs is 1. The minimum Gasteiger partial charge on any atom is -0.490 e. The fraction of sp³-hybridized carbons (Fsp3) is 0.667. The molecule has 4 nitrogen and oxygen atoms in total. The van der Waals surface area contributed by atoms with Crippen LogP contribution in [-0.2, 0) is 6.54 Å². The maximum atomic E-state index is 12.4. The average molecular weight is 426 g/mol. The number of rotatable bonds is 12. The quantitative estimate of drug-likeness (QED) is 0.388. The highest BCUT2D eigenvalue weighted by Crippen LogP contribution is 2.43. The van der Waals surface area contributed by atoms with Crippen LogP contribution in [0, 0.1) is 0 Å². The second-order valence-corrected chi connectivity index (χ2v) is 7.82. The van der Waals surface area contributed by atoms with Crippen molar-refractivity contribution < 1.29 is 14.3 Å². The first-order valence-electron chi connectivity index (χ1n) is 9.96. The van der Waals surface area contributed by atoms with Crippen LogP contribution < -0.4 is 9.47 Å². The molecule has 0 fully saturated rings. The summed E-state index contributed by atoms with van der Waals surface area (Å²) in [5, 5.41) is 0. The molecule has 0 atom stereocenters. The van der Waals surface area contributed by atoms with Gasteiger partial charge in [0.05, 0.1) is 17.7 Å². The Morgan fingerprint density at radius 3 is 2.23 bits per heavy atom. The van der Waals surface area contributed by atoms with Gasteiger partial charge in [-0.15, -0.1) is 0 Å². The van der Waals surface area contributed by atoms with Gasteiger partial charge in [0.1, 0.15) is 0 Å². The molecule has 146 valence electrons. The monoisotopic (exact) mass is 425 g/mol. The van der Waals surface area contributed by atoms with E-state index in [0.29, 0.717) is 25.5 Å². The second-order valence-electron chi connectivity index (χ2n) is 7.02. The number of nitrogens with zero attached hydrogens (tertiary/aromatic N) is 1. The van der Waals surface area contributed by atoms with Crippen molar-refractivity contribution in [3.05, 3.63) is 21.7 Å². The van der Waals surface area contributed by atoms with E-state index in [2.05, 4.69) is 29.8 Å². The number of hydrogen-bond acceptors (Lipinski definition) is 3. The molecule has 1 aliphatic heterocycles. The van der Waals surface area contributed by atoms with Gasteiger partial charge in [0.15, 0.2) is 11.5 Å². The lowest BCUT2D eigenvalue weighted by Crippen LogP contribution is -2.17. The number of halogens is 1. The lowest BCUT2D eigenvalue weighted by molar-refractivity contribution is 0.0816. The summed E-state index contributed by atoms with van der Waals surface area (Å²) in [4.78, 5) is 14.1. The molecule has 2 rings (SSSR count). The van der Waals surface area contributed by atoms with Crippen LogP contribution in [0.5, 0.6) is 11.5 Å². The standard InChI is InChI=1S/C21H32BrNO3/c1-4-6-8-10-12-25-18-14-16-17(15-23(3)21(16)24)19(22)20(18)26-13-11-9-7-5-2/h14H,4-13,15H2,1-3H3. The summed E-state index contributed by atoms with van der Waals surface area (Å²) in [6.07, 6.45) is 9.26. The molecule has 0 radical (unpaired) electrons. The Morgan fingerprint density at radius 1 is 1.00 bits per heavy atom.